The molecule has 0 radical (unpaired) electrons. The molecule has 3 fully saturated rings. The van der Waals surface area contributed by atoms with Crippen molar-refractivity contribution in [1.82, 2.24) is 0 Å². The summed E-state index contributed by atoms with van der Waals surface area (Å²) in [4.78, 5) is 12.2. The lowest BCUT2D eigenvalue weighted by molar-refractivity contribution is -0.192. The second kappa shape index (κ2) is 6.57. The Morgan fingerprint density at radius 2 is 1.88 bits per heavy atom. The van der Waals surface area contributed by atoms with Crippen LogP contribution in [0.3, 0.4) is 0 Å². The Balaban J connectivity index is 1.37. The molecule has 5 aliphatic rings. The first-order chi connectivity index (χ1) is 15.2. The summed E-state index contributed by atoms with van der Waals surface area (Å²) in [7, 11) is 0. The number of hydrogen-bond acceptors (Lipinski definition) is 4. The van der Waals surface area contributed by atoms with Crippen LogP contribution in [-0.4, -0.2) is 28.9 Å². The van der Waals surface area contributed by atoms with E-state index in [-0.39, 0.29) is 16.6 Å². The van der Waals surface area contributed by atoms with E-state index in [4.69, 9.17) is 9.47 Å². The van der Waals surface area contributed by atoms with Gasteiger partial charge in [0.1, 0.15) is 18.0 Å². The number of para-hydroxylation sites is 1. The van der Waals surface area contributed by atoms with E-state index >= 15 is 0 Å². The highest BCUT2D eigenvalue weighted by Gasteiger charge is 2.75. The summed E-state index contributed by atoms with van der Waals surface area (Å²) in [5.74, 6) is 1.32. The molecule has 2 unspecified atom stereocenters. The number of benzene rings is 1. The van der Waals surface area contributed by atoms with Gasteiger partial charge in [0.15, 0.2) is 5.78 Å². The Hall–Kier alpha value is -1.91. The first kappa shape index (κ1) is 20.7. The molecule has 1 N–H and O–H groups in total. The number of allylic oxidation sites excluding steroid dienone is 4. The van der Waals surface area contributed by atoms with Crippen LogP contribution in [0.1, 0.15) is 59.3 Å². The molecule has 1 aromatic rings. The van der Waals surface area contributed by atoms with Crippen LogP contribution in [0.5, 0.6) is 5.75 Å². The predicted molar refractivity (Wildman–Crippen MR) is 122 cm³/mol. The molecule has 2 saturated carbocycles. The van der Waals surface area contributed by atoms with Crippen LogP contribution < -0.4 is 4.74 Å². The highest BCUT2D eigenvalue weighted by molar-refractivity contribution is 5.92. The van der Waals surface area contributed by atoms with Gasteiger partial charge in [-0.15, -0.1) is 0 Å². The van der Waals surface area contributed by atoms with Gasteiger partial charge in [-0.3, -0.25) is 4.79 Å². The van der Waals surface area contributed by atoms with E-state index in [1.807, 2.05) is 36.4 Å². The van der Waals surface area contributed by atoms with Gasteiger partial charge >= 0.3 is 0 Å². The molecule has 1 heterocycles. The number of carbonyl (C=O) groups excluding carboxylic acids is 1. The SMILES string of the molecule is CC1C[C@@H]2C(=CC[C@@]3(C)[C@H]2CC[C@]3(O)C2(Oc3ccccc3)CO2)[C@@]2(C)CCC(=O)C=C12. The zero-order valence-corrected chi connectivity index (χ0v) is 19.4. The summed E-state index contributed by atoms with van der Waals surface area (Å²) in [6, 6.07) is 9.74. The number of ether oxygens (including phenoxy) is 2. The van der Waals surface area contributed by atoms with Gasteiger partial charge in [0.2, 0.25) is 0 Å². The highest BCUT2D eigenvalue weighted by atomic mass is 16.8. The summed E-state index contributed by atoms with van der Waals surface area (Å²) < 4.78 is 12.3. The molecule has 1 saturated heterocycles. The Morgan fingerprint density at radius 3 is 2.59 bits per heavy atom. The molecule has 1 aromatic carbocycles. The molecule has 4 aliphatic carbocycles. The average molecular weight is 435 g/mol. The Morgan fingerprint density at radius 1 is 1.12 bits per heavy atom. The predicted octanol–water partition coefficient (Wildman–Crippen LogP) is 5.22. The lowest BCUT2D eigenvalue weighted by Crippen LogP contribution is -2.60. The zero-order valence-electron chi connectivity index (χ0n) is 19.4. The maximum Gasteiger partial charge on any atom is 0.264 e. The molecule has 1 aliphatic heterocycles. The molecule has 6 rings (SSSR count). The first-order valence-electron chi connectivity index (χ1n) is 12.3. The van der Waals surface area contributed by atoms with E-state index in [9.17, 15) is 9.90 Å². The van der Waals surface area contributed by atoms with E-state index < -0.39 is 11.4 Å². The van der Waals surface area contributed by atoms with E-state index in [0.717, 1.165) is 31.4 Å². The lowest BCUT2D eigenvalue weighted by atomic mass is 9.48. The summed E-state index contributed by atoms with van der Waals surface area (Å²) >= 11 is 0. The van der Waals surface area contributed by atoms with Gasteiger partial charge in [0.05, 0.1) is 0 Å². The normalized spacial score (nSPS) is 47.0. The standard InChI is InChI=1S/C28H34O4/c1-18-15-21-22(25(2)12-9-19(29)16-24(18)25)10-13-26(3)23(21)11-14-27(26,30)28(17-31-28)32-20-7-5-4-6-8-20/h4-8,10,16,18,21,23,30H,9,11-15,17H2,1-3H3/t18?,21-,23+,25-,26+,27-,28?/m1/s1. The fourth-order valence-electron chi connectivity index (χ4n) is 8.04. The van der Waals surface area contributed by atoms with Crippen molar-refractivity contribution in [1.29, 1.82) is 0 Å². The van der Waals surface area contributed by atoms with Crippen molar-refractivity contribution >= 4 is 5.78 Å². The minimum Gasteiger partial charge on any atom is -0.457 e. The van der Waals surface area contributed by atoms with Crippen LogP contribution in [0, 0.1) is 28.6 Å². The van der Waals surface area contributed by atoms with Gasteiger partial charge in [-0.2, -0.15) is 0 Å². The zero-order chi connectivity index (χ0) is 22.4. The fourth-order valence-corrected chi connectivity index (χ4v) is 8.04. The smallest absolute Gasteiger partial charge is 0.264 e. The number of hydrogen-bond donors (Lipinski definition) is 1. The third-order valence-electron chi connectivity index (χ3n) is 9.87. The molecule has 0 aromatic heterocycles. The molecule has 170 valence electrons. The van der Waals surface area contributed by atoms with Crippen molar-refractivity contribution in [3.63, 3.8) is 0 Å². The van der Waals surface area contributed by atoms with Crippen molar-refractivity contribution in [2.75, 3.05) is 6.61 Å². The van der Waals surface area contributed by atoms with Crippen molar-refractivity contribution in [2.24, 2.45) is 28.6 Å². The molecule has 7 atom stereocenters. The Kier molecular flexibility index (Phi) is 4.25. The molecule has 0 spiro atoms. The Bertz CT molecular complexity index is 1020. The van der Waals surface area contributed by atoms with Gasteiger partial charge in [0, 0.05) is 17.3 Å². The number of ketones is 1. The van der Waals surface area contributed by atoms with Gasteiger partial charge in [-0.05, 0) is 68.1 Å². The topological polar surface area (TPSA) is 59.1 Å². The van der Waals surface area contributed by atoms with Gasteiger partial charge in [0.25, 0.3) is 5.79 Å². The summed E-state index contributed by atoms with van der Waals surface area (Å²) in [5, 5.41) is 12.2. The van der Waals surface area contributed by atoms with Crippen LogP contribution in [0.2, 0.25) is 0 Å². The van der Waals surface area contributed by atoms with Crippen LogP contribution >= 0.6 is 0 Å². The molecular formula is C28H34O4. The largest absolute Gasteiger partial charge is 0.457 e. The van der Waals surface area contributed by atoms with Crippen molar-refractivity contribution in [2.45, 2.75) is 70.7 Å². The van der Waals surface area contributed by atoms with Crippen molar-refractivity contribution in [3.8, 4) is 5.75 Å². The fraction of sp³-hybridized carbons (Fsp3) is 0.607. The quantitative estimate of drug-likeness (QED) is 0.523. The van der Waals surface area contributed by atoms with Crippen molar-refractivity contribution < 1.29 is 19.4 Å². The monoisotopic (exact) mass is 434 g/mol. The number of epoxide rings is 1. The maximum atomic E-state index is 12.2. The molecular weight excluding hydrogens is 400 g/mol. The lowest BCUT2D eigenvalue weighted by Gasteiger charge is -2.56. The molecule has 32 heavy (non-hydrogen) atoms. The Labute approximate surface area is 190 Å². The van der Waals surface area contributed by atoms with E-state index in [1.54, 1.807) is 0 Å². The highest BCUT2D eigenvalue weighted by Crippen LogP contribution is 2.69. The van der Waals surface area contributed by atoms with Gasteiger partial charge < -0.3 is 14.6 Å². The van der Waals surface area contributed by atoms with Gasteiger partial charge in [-0.25, -0.2) is 0 Å². The average Bonchev–Trinajstić information content (AvgIpc) is 3.50. The van der Waals surface area contributed by atoms with Crippen molar-refractivity contribution in [3.05, 3.63) is 53.6 Å². The third kappa shape index (κ3) is 2.54. The van der Waals surface area contributed by atoms with Crippen LogP contribution in [-0.2, 0) is 9.53 Å². The minimum absolute atomic E-state index is 0.00736. The molecule has 4 nitrogen and oxygen atoms in total. The second-order valence-electron chi connectivity index (χ2n) is 11.4. The minimum atomic E-state index is -1.02. The van der Waals surface area contributed by atoms with Gasteiger partial charge in [-0.1, -0.05) is 56.2 Å². The van der Waals surface area contributed by atoms with E-state index in [2.05, 4.69) is 26.8 Å². The molecule has 0 bridgehead atoms. The summed E-state index contributed by atoms with van der Waals surface area (Å²) in [5.41, 5.74) is 1.53. The number of carbonyl (C=O) groups is 1. The number of rotatable bonds is 3. The van der Waals surface area contributed by atoms with Crippen LogP contribution in [0.25, 0.3) is 0 Å². The maximum absolute atomic E-state index is 12.2. The molecule has 4 heteroatoms. The second-order valence-corrected chi connectivity index (χ2v) is 11.4. The molecule has 0 amide bonds. The van der Waals surface area contributed by atoms with Crippen LogP contribution in [0.15, 0.2) is 53.6 Å². The number of fused-ring (bicyclic) bond motifs is 5. The number of aliphatic hydroxyl groups is 1. The summed E-state index contributed by atoms with van der Waals surface area (Å²) in [6.45, 7) is 7.34. The van der Waals surface area contributed by atoms with E-state index in [0.29, 0.717) is 37.2 Å². The third-order valence-corrected chi connectivity index (χ3v) is 9.87. The van der Waals surface area contributed by atoms with Crippen LogP contribution in [0.4, 0.5) is 0 Å². The summed E-state index contributed by atoms with van der Waals surface area (Å²) in [6.07, 6.45) is 9.51. The van der Waals surface area contributed by atoms with E-state index in [1.165, 1.54) is 11.1 Å². The first-order valence-corrected chi connectivity index (χ1v) is 12.3.